The van der Waals surface area contributed by atoms with Crippen LogP contribution in [0.5, 0.6) is 0 Å². The molecule has 0 aliphatic rings. The van der Waals surface area contributed by atoms with E-state index in [2.05, 4.69) is 83.1 Å². The zero-order chi connectivity index (χ0) is 19.9. The molecule has 0 heterocycles. The minimum absolute atomic E-state index is 0.473. The van der Waals surface area contributed by atoms with Gasteiger partial charge >= 0.3 is 0 Å². The van der Waals surface area contributed by atoms with E-state index in [4.69, 9.17) is 0 Å². The van der Waals surface area contributed by atoms with Crippen LogP contribution in [0, 0.1) is 52.8 Å². The molecule has 0 amide bonds. The van der Waals surface area contributed by atoms with E-state index in [9.17, 15) is 0 Å². The minimum Gasteiger partial charge on any atom is -0.0651 e. The minimum atomic E-state index is 0.473. The summed E-state index contributed by atoms with van der Waals surface area (Å²) in [5.41, 5.74) is 0.473. The molecule has 0 aromatic heterocycles. The van der Waals surface area contributed by atoms with Gasteiger partial charge in [-0.2, -0.15) is 0 Å². The fourth-order valence-corrected chi connectivity index (χ4v) is 5.57. The van der Waals surface area contributed by atoms with Crippen molar-refractivity contribution < 1.29 is 0 Å². The number of hydrogen-bond acceptors (Lipinski definition) is 0. The van der Waals surface area contributed by atoms with Gasteiger partial charge in [-0.15, -0.1) is 0 Å². The quantitative estimate of drug-likeness (QED) is 0.329. The van der Waals surface area contributed by atoms with Gasteiger partial charge in [0.2, 0.25) is 0 Å². The van der Waals surface area contributed by atoms with Crippen LogP contribution in [0.4, 0.5) is 0 Å². The highest BCUT2D eigenvalue weighted by Crippen LogP contribution is 2.45. The van der Waals surface area contributed by atoms with Crippen LogP contribution in [0.25, 0.3) is 0 Å². The highest BCUT2D eigenvalue weighted by molar-refractivity contribution is 4.86. The number of rotatable bonds is 12. The molecule has 0 saturated carbocycles. The zero-order valence-corrected chi connectivity index (χ0v) is 19.9. The molecule has 152 valence electrons. The topological polar surface area (TPSA) is 0 Å². The van der Waals surface area contributed by atoms with Crippen molar-refractivity contribution >= 4 is 0 Å². The molecule has 0 heteroatoms. The van der Waals surface area contributed by atoms with E-state index >= 15 is 0 Å². The van der Waals surface area contributed by atoms with E-state index in [1.807, 2.05) is 0 Å². The van der Waals surface area contributed by atoms with Crippen molar-refractivity contribution in [2.24, 2.45) is 52.8 Å². The molecule has 0 radical (unpaired) electrons. The van der Waals surface area contributed by atoms with E-state index in [1.165, 1.54) is 25.7 Å². The molecule has 0 bridgehead atoms. The third kappa shape index (κ3) is 6.91. The van der Waals surface area contributed by atoms with Crippen LogP contribution in [0.15, 0.2) is 0 Å². The largest absolute Gasteiger partial charge is 0.0651 e. The first-order valence-electron chi connectivity index (χ1n) is 11.4. The van der Waals surface area contributed by atoms with Gasteiger partial charge in [0.25, 0.3) is 0 Å². The van der Waals surface area contributed by atoms with Gasteiger partial charge in [0.1, 0.15) is 0 Å². The molecule has 0 rings (SSSR count). The highest BCUT2D eigenvalue weighted by Gasteiger charge is 2.37. The Morgan fingerprint density at radius 1 is 0.720 bits per heavy atom. The van der Waals surface area contributed by atoms with Crippen molar-refractivity contribution in [1.29, 1.82) is 0 Å². The Labute approximate surface area is 161 Å². The molecule has 0 aromatic carbocycles. The first-order valence-corrected chi connectivity index (χ1v) is 11.4. The fourth-order valence-electron chi connectivity index (χ4n) is 5.57. The van der Waals surface area contributed by atoms with Gasteiger partial charge in [-0.3, -0.25) is 0 Å². The summed E-state index contributed by atoms with van der Waals surface area (Å²) in [5.74, 6) is 6.58. The van der Waals surface area contributed by atoms with Gasteiger partial charge in [0.15, 0.2) is 0 Å². The molecule has 0 spiro atoms. The molecule has 0 aromatic rings. The molecule has 0 nitrogen and oxygen atoms in total. The third-order valence-electron chi connectivity index (χ3n) is 8.36. The lowest BCUT2D eigenvalue weighted by Crippen LogP contribution is -2.36. The van der Waals surface area contributed by atoms with Crippen molar-refractivity contribution in [3.05, 3.63) is 0 Å². The summed E-state index contributed by atoms with van der Waals surface area (Å²) in [6.45, 7) is 29.5. The fraction of sp³-hybridized carbons (Fsp3) is 1.00. The Kier molecular flexibility index (Phi) is 11.0. The summed E-state index contributed by atoms with van der Waals surface area (Å²) >= 11 is 0. The van der Waals surface area contributed by atoms with Crippen LogP contribution in [-0.2, 0) is 0 Å². The Balaban J connectivity index is 4.84. The molecule has 0 aliphatic heterocycles. The summed E-state index contributed by atoms with van der Waals surface area (Å²) < 4.78 is 0. The monoisotopic (exact) mass is 352 g/mol. The molecule has 0 fully saturated rings. The molecular formula is C25H52. The van der Waals surface area contributed by atoms with Gasteiger partial charge in [0, 0.05) is 0 Å². The van der Waals surface area contributed by atoms with E-state index in [1.54, 1.807) is 0 Å². The third-order valence-corrected chi connectivity index (χ3v) is 8.36. The molecule has 0 saturated heterocycles. The van der Waals surface area contributed by atoms with Crippen LogP contribution in [-0.4, -0.2) is 0 Å². The first-order chi connectivity index (χ1) is 11.4. The smallest absolute Gasteiger partial charge is 0.0275 e. The highest BCUT2D eigenvalue weighted by atomic mass is 14.4. The maximum atomic E-state index is 2.55. The van der Waals surface area contributed by atoms with E-state index in [-0.39, 0.29) is 0 Å². The Hall–Kier alpha value is 0. The Morgan fingerprint density at radius 3 is 1.60 bits per heavy atom. The standard InChI is InChI=1S/C25H52/c1-13-24(18(5)6)22(10)20(8)15-19(7)16-21(9)25(12,14-2)23(11)17(3)4/h17-24H,13-16H2,1-12H3. The second kappa shape index (κ2) is 11.0. The molecule has 0 N–H and O–H groups in total. The van der Waals surface area contributed by atoms with Crippen molar-refractivity contribution in [2.45, 2.75) is 109 Å². The summed E-state index contributed by atoms with van der Waals surface area (Å²) in [4.78, 5) is 0. The maximum Gasteiger partial charge on any atom is -0.0275 e. The SMILES string of the molecule is CCC(C(C)C)C(C)C(C)CC(C)CC(C)C(C)(CC)C(C)C(C)C. The second-order valence-electron chi connectivity index (χ2n) is 10.5. The van der Waals surface area contributed by atoms with Crippen LogP contribution in [0.3, 0.4) is 0 Å². The summed E-state index contributed by atoms with van der Waals surface area (Å²) in [6.07, 6.45) is 5.41. The Bertz CT molecular complexity index is 342. The van der Waals surface area contributed by atoms with Gasteiger partial charge in [-0.1, -0.05) is 95.9 Å². The molecule has 25 heavy (non-hydrogen) atoms. The average molecular weight is 353 g/mol. The van der Waals surface area contributed by atoms with Gasteiger partial charge < -0.3 is 0 Å². The van der Waals surface area contributed by atoms with Gasteiger partial charge in [0.05, 0.1) is 0 Å². The van der Waals surface area contributed by atoms with E-state index in [0.717, 1.165) is 47.3 Å². The van der Waals surface area contributed by atoms with E-state index < -0.39 is 0 Å². The predicted octanol–water partition coefficient (Wildman–Crippen LogP) is 8.70. The normalized spacial score (nSPS) is 22.3. The second-order valence-corrected chi connectivity index (χ2v) is 10.5. The van der Waals surface area contributed by atoms with Crippen LogP contribution in [0.2, 0.25) is 0 Å². The lowest BCUT2D eigenvalue weighted by Gasteiger charge is -2.44. The van der Waals surface area contributed by atoms with Crippen LogP contribution < -0.4 is 0 Å². The van der Waals surface area contributed by atoms with Gasteiger partial charge in [-0.05, 0) is 65.6 Å². The molecule has 7 atom stereocenters. The zero-order valence-electron chi connectivity index (χ0n) is 19.9. The predicted molar refractivity (Wildman–Crippen MR) is 117 cm³/mol. The van der Waals surface area contributed by atoms with Crippen molar-refractivity contribution in [1.82, 2.24) is 0 Å². The van der Waals surface area contributed by atoms with Crippen molar-refractivity contribution in [3.8, 4) is 0 Å². The Morgan fingerprint density at radius 2 is 1.24 bits per heavy atom. The lowest BCUT2D eigenvalue weighted by atomic mass is 9.61. The molecule has 0 aliphatic carbocycles. The molecular weight excluding hydrogens is 300 g/mol. The van der Waals surface area contributed by atoms with Crippen molar-refractivity contribution in [3.63, 3.8) is 0 Å². The first kappa shape index (κ1) is 25.0. The summed E-state index contributed by atoms with van der Waals surface area (Å²) in [6, 6.07) is 0. The summed E-state index contributed by atoms with van der Waals surface area (Å²) in [5, 5.41) is 0. The van der Waals surface area contributed by atoms with Crippen LogP contribution in [0.1, 0.15) is 109 Å². The maximum absolute atomic E-state index is 2.55. The van der Waals surface area contributed by atoms with E-state index in [0.29, 0.717) is 5.41 Å². The summed E-state index contributed by atoms with van der Waals surface area (Å²) in [7, 11) is 0. The average Bonchev–Trinajstić information content (AvgIpc) is 2.52. The molecule has 7 unspecified atom stereocenters. The van der Waals surface area contributed by atoms with Gasteiger partial charge in [-0.25, -0.2) is 0 Å². The van der Waals surface area contributed by atoms with Crippen LogP contribution >= 0.6 is 0 Å². The number of hydrogen-bond donors (Lipinski definition) is 0. The van der Waals surface area contributed by atoms with Crippen molar-refractivity contribution in [2.75, 3.05) is 0 Å². The lowest BCUT2D eigenvalue weighted by molar-refractivity contribution is 0.0568.